The van der Waals surface area contributed by atoms with Crippen LogP contribution < -0.4 is 5.32 Å². The van der Waals surface area contributed by atoms with Crippen LogP contribution in [-0.4, -0.2) is 47.6 Å². The normalized spacial score (nSPS) is 32.3. The van der Waals surface area contributed by atoms with Crippen LogP contribution in [-0.2, 0) is 0 Å². The minimum atomic E-state index is 0.750. The van der Waals surface area contributed by atoms with E-state index in [9.17, 15) is 0 Å². The van der Waals surface area contributed by atoms with Gasteiger partial charge >= 0.3 is 0 Å². The van der Waals surface area contributed by atoms with Crippen LogP contribution in [0, 0.1) is 0 Å². The number of thioether (sulfide) groups is 1. The van der Waals surface area contributed by atoms with E-state index in [4.69, 9.17) is 0 Å². The molecule has 0 spiro atoms. The maximum Gasteiger partial charge on any atom is 0.0184 e. The topological polar surface area (TPSA) is 15.3 Å². The Balaban J connectivity index is 1.64. The second-order valence-corrected chi connectivity index (χ2v) is 7.48. The van der Waals surface area contributed by atoms with Crippen molar-refractivity contribution in [3.8, 4) is 0 Å². The van der Waals surface area contributed by atoms with Crippen molar-refractivity contribution in [1.29, 1.82) is 0 Å². The summed E-state index contributed by atoms with van der Waals surface area (Å²) in [5, 5.41) is 4.60. The van der Waals surface area contributed by atoms with Gasteiger partial charge in [-0.3, -0.25) is 4.90 Å². The van der Waals surface area contributed by atoms with Crippen LogP contribution in [0.3, 0.4) is 0 Å². The van der Waals surface area contributed by atoms with Gasteiger partial charge in [-0.15, -0.1) is 0 Å². The molecule has 1 aliphatic carbocycles. The fourth-order valence-electron chi connectivity index (χ4n) is 3.21. The molecule has 0 aromatic rings. The number of rotatable bonds is 4. The van der Waals surface area contributed by atoms with Gasteiger partial charge in [0, 0.05) is 42.7 Å². The molecular formula is C15H30N2S. The molecule has 2 nitrogen and oxygen atoms in total. The van der Waals surface area contributed by atoms with Crippen LogP contribution in [0.15, 0.2) is 0 Å². The minimum absolute atomic E-state index is 0.750. The zero-order chi connectivity index (χ0) is 12.8. The zero-order valence-corrected chi connectivity index (χ0v) is 13.0. The lowest BCUT2D eigenvalue weighted by molar-refractivity contribution is 0.210. The van der Waals surface area contributed by atoms with Crippen molar-refractivity contribution >= 4 is 11.8 Å². The fraction of sp³-hybridized carbons (Fsp3) is 1.00. The molecule has 0 bridgehead atoms. The summed E-state index contributed by atoms with van der Waals surface area (Å²) < 4.78 is 0. The summed E-state index contributed by atoms with van der Waals surface area (Å²) in [4.78, 5) is 2.67. The highest BCUT2D eigenvalue weighted by atomic mass is 32.2. The van der Waals surface area contributed by atoms with Gasteiger partial charge in [-0.25, -0.2) is 0 Å². The van der Waals surface area contributed by atoms with Gasteiger partial charge in [0.05, 0.1) is 0 Å². The average molecular weight is 270 g/mol. The summed E-state index contributed by atoms with van der Waals surface area (Å²) in [6.07, 6.45) is 8.59. The van der Waals surface area contributed by atoms with Crippen LogP contribution in [0.4, 0.5) is 0 Å². The van der Waals surface area contributed by atoms with E-state index in [1.54, 1.807) is 0 Å². The van der Waals surface area contributed by atoms with Gasteiger partial charge in [0.1, 0.15) is 0 Å². The molecule has 106 valence electrons. The maximum absolute atomic E-state index is 3.80. The number of nitrogens with zero attached hydrogens (tertiary/aromatic N) is 1. The molecule has 1 heterocycles. The molecule has 0 amide bonds. The van der Waals surface area contributed by atoms with Crippen molar-refractivity contribution in [3.05, 3.63) is 0 Å². The second kappa shape index (κ2) is 7.76. The number of hydrogen-bond donors (Lipinski definition) is 1. The first kappa shape index (κ1) is 14.7. The number of nitrogens with one attached hydrogen (secondary N) is 1. The third kappa shape index (κ3) is 4.43. The first-order valence-electron chi connectivity index (χ1n) is 7.86. The molecule has 0 radical (unpaired) electrons. The van der Waals surface area contributed by atoms with Crippen molar-refractivity contribution in [2.75, 3.05) is 25.4 Å². The molecule has 0 aromatic carbocycles. The summed E-state index contributed by atoms with van der Waals surface area (Å²) in [5.74, 6) is 1.31. The Hall–Kier alpha value is 0.270. The van der Waals surface area contributed by atoms with E-state index >= 15 is 0 Å². The molecule has 2 aliphatic rings. The molecule has 1 saturated heterocycles. The Morgan fingerprint density at radius 1 is 1.11 bits per heavy atom. The predicted molar refractivity (Wildman–Crippen MR) is 82.4 cm³/mol. The predicted octanol–water partition coefficient (Wildman–Crippen LogP) is 3.12. The summed E-state index contributed by atoms with van der Waals surface area (Å²) in [5.41, 5.74) is 0. The first-order chi connectivity index (χ1) is 8.77. The highest BCUT2D eigenvalue weighted by molar-refractivity contribution is 8.00. The third-order valence-electron chi connectivity index (χ3n) is 4.70. The van der Waals surface area contributed by atoms with Gasteiger partial charge in [0.15, 0.2) is 0 Å². The van der Waals surface area contributed by atoms with Crippen LogP contribution in [0.1, 0.15) is 52.4 Å². The Morgan fingerprint density at radius 3 is 2.56 bits per heavy atom. The van der Waals surface area contributed by atoms with Gasteiger partial charge < -0.3 is 5.32 Å². The Labute approximate surface area is 117 Å². The van der Waals surface area contributed by atoms with E-state index in [-0.39, 0.29) is 0 Å². The summed E-state index contributed by atoms with van der Waals surface area (Å²) in [6.45, 7) is 8.47. The van der Waals surface area contributed by atoms with E-state index in [1.165, 1.54) is 63.9 Å². The summed E-state index contributed by atoms with van der Waals surface area (Å²) in [7, 11) is 0. The first-order valence-corrected chi connectivity index (χ1v) is 8.91. The lowest BCUT2D eigenvalue weighted by Gasteiger charge is -2.37. The molecule has 2 unspecified atom stereocenters. The van der Waals surface area contributed by atoms with Gasteiger partial charge in [0.25, 0.3) is 0 Å². The Morgan fingerprint density at radius 2 is 1.83 bits per heavy atom. The minimum Gasteiger partial charge on any atom is -0.313 e. The quantitative estimate of drug-likeness (QED) is 0.790. The Bertz CT molecular complexity index is 227. The monoisotopic (exact) mass is 270 g/mol. The average Bonchev–Trinajstić information content (AvgIpc) is 2.63. The maximum atomic E-state index is 3.80. The Kier molecular flexibility index (Phi) is 6.33. The van der Waals surface area contributed by atoms with Crippen molar-refractivity contribution < 1.29 is 0 Å². The van der Waals surface area contributed by atoms with Gasteiger partial charge in [-0.2, -0.15) is 11.8 Å². The smallest absolute Gasteiger partial charge is 0.0184 e. The van der Waals surface area contributed by atoms with Gasteiger partial charge in [-0.1, -0.05) is 32.6 Å². The largest absolute Gasteiger partial charge is 0.313 e. The van der Waals surface area contributed by atoms with Crippen molar-refractivity contribution in [3.63, 3.8) is 0 Å². The van der Waals surface area contributed by atoms with Crippen LogP contribution in [0.5, 0.6) is 0 Å². The molecule has 18 heavy (non-hydrogen) atoms. The van der Waals surface area contributed by atoms with Crippen molar-refractivity contribution in [2.24, 2.45) is 0 Å². The highest BCUT2D eigenvalue weighted by Crippen LogP contribution is 2.23. The van der Waals surface area contributed by atoms with E-state index in [2.05, 4.69) is 35.8 Å². The lowest BCUT2D eigenvalue weighted by Crippen LogP contribution is -2.48. The molecule has 1 aliphatic heterocycles. The molecule has 2 fully saturated rings. The standard InChI is InChI=1S/C15H30N2S/c1-13-14(2)18-12-11-17(13)10-9-16-15-7-5-3-4-6-8-15/h13-16H,3-12H2,1-2H3. The van der Waals surface area contributed by atoms with Crippen molar-refractivity contribution in [2.45, 2.75) is 69.7 Å². The van der Waals surface area contributed by atoms with E-state index < -0.39 is 0 Å². The number of hydrogen-bond acceptors (Lipinski definition) is 3. The van der Waals surface area contributed by atoms with E-state index in [0.29, 0.717) is 0 Å². The highest BCUT2D eigenvalue weighted by Gasteiger charge is 2.24. The molecule has 2 atom stereocenters. The zero-order valence-electron chi connectivity index (χ0n) is 12.2. The lowest BCUT2D eigenvalue weighted by atomic mass is 10.1. The SMILES string of the molecule is CC1SCCN(CCNC2CCCCCC2)C1C. The van der Waals surface area contributed by atoms with Gasteiger partial charge in [-0.05, 0) is 19.8 Å². The second-order valence-electron chi connectivity index (χ2n) is 6.00. The summed E-state index contributed by atoms with van der Waals surface area (Å²) in [6, 6.07) is 1.55. The fourth-order valence-corrected chi connectivity index (χ4v) is 4.37. The van der Waals surface area contributed by atoms with Crippen LogP contribution >= 0.6 is 11.8 Å². The molecule has 0 aromatic heterocycles. The van der Waals surface area contributed by atoms with Gasteiger partial charge in [0.2, 0.25) is 0 Å². The third-order valence-corrected chi connectivity index (χ3v) is 6.04. The molecule has 1 N–H and O–H groups in total. The molecule has 2 rings (SSSR count). The molecule has 1 saturated carbocycles. The van der Waals surface area contributed by atoms with Crippen LogP contribution in [0.25, 0.3) is 0 Å². The van der Waals surface area contributed by atoms with E-state index in [1.807, 2.05) is 0 Å². The molecular weight excluding hydrogens is 240 g/mol. The molecule has 3 heteroatoms. The van der Waals surface area contributed by atoms with Crippen molar-refractivity contribution in [1.82, 2.24) is 10.2 Å². The summed E-state index contributed by atoms with van der Waals surface area (Å²) >= 11 is 2.13. The van der Waals surface area contributed by atoms with E-state index in [0.717, 1.165) is 17.3 Å². The van der Waals surface area contributed by atoms with Crippen LogP contribution in [0.2, 0.25) is 0 Å².